The molecule has 0 radical (unpaired) electrons. The van der Waals surface area contributed by atoms with E-state index in [1.165, 1.54) is 6.33 Å². The molecule has 0 aliphatic carbocycles. The topological polar surface area (TPSA) is 71.2 Å². The highest BCUT2D eigenvalue weighted by Gasteiger charge is 2.16. The van der Waals surface area contributed by atoms with Crippen LogP contribution in [-0.4, -0.2) is 43.8 Å². The molecule has 0 spiro atoms. The van der Waals surface area contributed by atoms with Crippen LogP contribution >= 0.6 is 0 Å². The van der Waals surface area contributed by atoms with Crippen LogP contribution in [0.25, 0.3) is 0 Å². The van der Waals surface area contributed by atoms with Crippen LogP contribution in [0, 0.1) is 5.92 Å². The zero-order valence-electron chi connectivity index (χ0n) is 10.6. The summed E-state index contributed by atoms with van der Waals surface area (Å²) < 4.78 is 1.83. The molecule has 1 heterocycles. The van der Waals surface area contributed by atoms with Crippen molar-refractivity contribution in [2.24, 2.45) is 5.92 Å². The molecule has 0 saturated carbocycles. The van der Waals surface area contributed by atoms with Crippen LogP contribution in [0.1, 0.15) is 26.6 Å². The number of aromatic nitrogens is 3. The smallest absolute Gasteiger partial charge is 0.307 e. The van der Waals surface area contributed by atoms with Gasteiger partial charge in [0.15, 0.2) is 0 Å². The molecule has 6 nitrogen and oxygen atoms in total. The molecule has 0 fully saturated rings. The maximum atomic E-state index is 10.8. The van der Waals surface area contributed by atoms with E-state index < -0.39 is 5.97 Å². The van der Waals surface area contributed by atoms with Crippen molar-refractivity contribution in [3.63, 3.8) is 0 Å². The fraction of sp³-hybridized carbons (Fsp3) is 0.727. The first-order chi connectivity index (χ1) is 8.08. The van der Waals surface area contributed by atoms with Crippen molar-refractivity contribution in [1.82, 2.24) is 19.7 Å². The van der Waals surface area contributed by atoms with Crippen molar-refractivity contribution in [1.29, 1.82) is 0 Å². The summed E-state index contributed by atoms with van der Waals surface area (Å²) in [4.78, 5) is 17.1. The van der Waals surface area contributed by atoms with Gasteiger partial charge in [0.2, 0.25) is 0 Å². The minimum Gasteiger partial charge on any atom is -0.481 e. The van der Waals surface area contributed by atoms with Crippen LogP contribution in [-0.2, 0) is 17.9 Å². The fourth-order valence-electron chi connectivity index (χ4n) is 1.65. The van der Waals surface area contributed by atoms with Gasteiger partial charge in [-0.05, 0) is 13.5 Å². The maximum absolute atomic E-state index is 10.8. The first kappa shape index (κ1) is 13.6. The van der Waals surface area contributed by atoms with E-state index in [1.807, 2.05) is 18.5 Å². The molecule has 0 aliphatic heterocycles. The van der Waals surface area contributed by atoms with Crippen molar-refractivity contribution in [3.8, 4) is 0 Å². The van der Waals surface area contributed by atoms with Gasteiger partial charge in [-0.25, -0.2) is 9.67 Å². The molecule has 1 rings (SSSR count). The van der Waals surface area contributed by atoms with Gasteiger partial charge in [-0.15, -0.1) is 0 Å². The van der Waals surface area contributed by atoms with Crippen molar-refractivity contribution in [3.05, 3.63) is 12.2 Å². The Labute approximate surface area is 101 Å². The largest absolute Gasteiger partial charge is 0.481 e. The second-order valence-corrected chi connectivity index (χ2v) is 4.06. The van der Waals surface area contributed by atoms with E-state index in [0.29, 0.717) is 13.1 Å². The average Bonchev–Trinajstić information content (AvgIpc) is 2.75. The maximum Gasteiger partial charge on any atom is 0.307 e. The Bertz CT molecular complexity index is 364. The highest BCUT2D eigenvalue weighted by molar-refractivity contribution is 5.69. The van der Waals surface area contributed by atoms with E-state index in [2.05, 4.69) is 15.0 Å². The zero-order chi connectivity index (χ0) is 12.8. The summed E-state index contributed by atoms with van der Waals surface area (Å²) in [5, 5.41) is 13.0. The Hall–Kier alpha value is -1.43. The van der Waals surface area contributed by atoms with Gasteiger partial charge in [-0.1, -0.05) is 13.8 Å². The highest BCUT2D eigenvalue weighted by Crippen LogP contribution is 2.05. The number of aryl methyl sites for hydroxylation is 1. The van der Waals surface area contributed by atoms with E-state index in [1.54, 1.807) is 6.92 Å². The fourth-order valence-corrected chi connectivity index (χ4v) is 1.65. The Balaban J connectivity index is 2.61. The van der Waals surface area contributed by atoms with Crippen LogP contribution in [0.5, 0.6) is 0 Å². The molecule has 17 heavy (non-hydrogen) atoms. The lowest BCUT2D eigenvalue weighted by molar-refractivity contribution is -0.141. The van der Waals surface area contributed by atoms with Gasteiger partial charge >= 0.3 is 5.97 Å². The summed E-state index contributed by atoms with van der Waals surface area (Å²) in [5.41, 5.74) is 0. The number of carboxylic acid groups (broad SMARTS) is 1. The number of nitrogens with zero attached hydrogens (tertiary/aromatic N) is 4. The van der Waals surface area contributed by atoms with Gasteiger partial charge in [-0.3, -0.25) is 9.69 Å². The van der Waals surface area contributed by atoms with Gasteiger partial charge in [0.1, 0.15) is 12.2 Å². The SMILES string of the molecule is CCN(Cc1ncnn1CC)CC(C)C(=O)O. The molecule has 0 bridgehead atoms. The first-order valence-electron chi connectivity index (χ1n) is 5.90. The third kappa shape index (κ3) is 3.81. The predicted molar refractivity (Wildman–Crippen MR) is 63.4 cm³/mol. The second-order valence-electron chi connectivity index (χ2n) is 4.06. The van der Waals surface area contributed by atoms with Crippen LogP contribution in [0.2, 0.25) is 0 Å². The van der Waals surface area contributed by atoms with Crippen LogP contribution < -0.4 is 0 Å². The molecule has 0 saturated heterocycles. The van der Waals surface area contributed by atoms with Crippen LogP contribution in [0.4, 0.5) is 0 Å². The lowest BCUT2D eigenvalue weighted by Gasteiger charge is -2.21. The molecule has 1 atom stereocenters. The monoisotopic (exact) mass is 240 g/mol. The van der Waals surface area contributed by atoms with E-state index >= 15 is 0 Å². The third-order valence-electron chi connectivity index (χ3n) is 2.76. The van der Waals surface area contributed by atoms with E-state index in [9.17, 15) is 4.79 Å². The summed E-state index contributed by atoms with van der Waals surface area (Å²) in [6.45, 7) is 8.49. The van der Waals surface area contributed by atoms with Crippen molar-refractivity contribution in [2.45, 2.75) is 33.9 Å². The van der Waals surface area contributed by atoms with Gasteiger partial charge in [0.25, 0.3) is 0 Å². The Kier molecular flexibility index (Phi) is 5.09. The quantitative estimate of drug-likeness (QED) is 0.764. The number of carbonyl (C=O) groups is 1. The summed E-state index contributed by atoms with van der Waals surface area (Å²) in [7, 11) is 0. The Morgan fingerprint density at radius 2 is 2.29 bits per heavy atom. The number of hydrogen-bond acceptors (Lipinski definition) is 4. The average molecular weight is 240 g/mol. The summed E-state index contributed by atoms with van der Waals surface area (Å²) in [6.07, 6.45) is 1.54. The predicted octanol–water partition coefficient (Wildman–Crippen LogP) is 0.841. The number of hydrogen-bond donors (Lipinski definition) is 1. The Morgan fingerprint density at radius 3 is 2.82 bits per heavy atom. The van der Waals surface area contributed by atoms with Crippen LogP contribution in [0.3, 0.4) is 0 Å². The van der Waals surface area contributed by atoms with E-state index in [4.69, 9.17) is 5.11 Å². The normalized spacial score (nSPS) is 12.9. The van der Waals surface area contributed by atoms with Crippen LogP contribution in [0.15, 0.2) is 6.33 Å². The van der Waals surface area contributed by atoms with Gasteiger partial charge in [-0.2, -0.15) is 5.10 Å². The second kappa shape index (κ2) is 6.34. The highest BCUT2D eigenvalue weighted by atomic mass is 16.4. The number of rotatable bonds is 7. The summed E-state index contributed by atoms with van der Waals surface area (Å²) >= 11 is 0. The molecule has 1 aromatic heterocycles. The molecular weight excluding hydrogens is 220 g/mol. The lowest BCUT2D eigenvalue weighted by Crippen LogP contribution is -2.32. The summed E-state index contributed by atoms with van der Waals surface area (Å²) in [5.74, 6) is -0.250. The first-order valence-corrected chi connectivity index (χ1v) is 5.90. The lowest BCUT2D eigenvalue weighted by atomic mass is 10.1. The molecule has 0 amide bonds. The molecule has 1 N–H and O–H groups in total. The molecule has 96 valence electrons. The molecule has 0 aromatic carbocycles. The molecule has 1 aromatic rings. The minimum atomic E-state index is -0.764. The van der Waals surface area contributed by atoms with E-state index in [-0.39, 0.29) is 5.92 Å². The molecule has 1 unspecified atom stereocenters. The summed E-state index contributed by atoms with van der Waals surface area (Å²) in [6, 6.07) is 0. The van der Waals surface area contributed by atoms with Gasteiger partial charge in [0.05, 0.1) is 12.5 Å². The Morgan fingerprint density at radius 1 is 1.59 bits per heavy atom. The van der Waals surface area contributed by atoms with Crippen molar-refractivity contribution >= 4 is 5.97 Å². The number of carboxylic acids is 1. The van der Waals surface area contributed by atoms with Crippen molar-refractivity contribution in [2.75, 3.05) is 13.1 Å². The molecular formula is C11H20N4O2. The van der Waals surface area contributed by atoms with Gasteiger partial charge in [0, 0.05) is 13.1 Å². The molecule has 6 heteroatoms. The number of aliphatic carboxylic acids is 1. The van der Waals surface area contributed by atoms with E-state index in [0.717, 1.165) is 18.9 Å². The standard InChI is InChI=1S/C11H20N4O2/c1-4-14(6-9(3)11(16)17)7-10-12-8-13-15(10)5-2/h8-9H,4-7H2,1-3H3,(H,16,17). The molecule has 0 aliphatic rings. The van der Waals surface area contributed by atoms with Gasteiger partial charge < -0.3 is 5.11 Å². The van der Waals surface area contributed by atoms with Crippen molar-refractivity contribution < 1.29 is 9.90 Å². The minimum absolute atomic E-state index is 0.368. The zero-order valence-corrected chi connectivity index (χ0v) is 10.6. The third-order valence-corrected chi connectivity index (χ3v) is 2.76.